The maximum absolute atomic E-state index is 13.7. The van der Waals surface area contributed by atoms with Crippen LogP contribution in [0.2, 0.25) is 5.02 Å². The van der Waals surface area contributed by atoms with Crippen LogP contribution >= 0.6 is 11.6 Å². The Kier molecular flexibility index (Phi) is 4.89. The number of aliphatic carboxylic acids is 1. The van der Waals surface area contributed by atoms with E-state index in [2.05, 4.69) is 0 Å². The van der Waals surface area contributed by atoms with Gasteiger partial charge in [0, 0.05) is 0 Å². The Bertz CT molecular complexity index is 588. The Balaban J connectivity index is 3.18. The molecule has 0 saturated carbocycles. The monoisotopic (exact) mass is 309 g/mol. The molecule has 0 aliphatic carbocycles. The number of sulfonamides is 1. The van der Waals surface area contributed by atoms with Gasteiger partial charge in [0.15, 0.2) is 5.82 Å². The van der Waals surface area contributed by atoms with E-state index in [-0.39, 0.29) is 5.02 Å². The summed E-state index contributed by atoms with van der Waals surface area (Å²) in [6.45, 7) is 3.07. The van der Waals surface area contributed by atoms with Crippen LogP contribution in [0.5, 0.6) is 0 Å². The van der Waals surface area contributed by atoms with Crippen LogP contribution in [-0.4, -0.2) is 25.5 Å². The lowest BCUT2D eigenvalue weighted by Gasteiger charge is -2.18. The van der Waals surface area contributed by atoms with Gasteiger partial charge in [0.25, 0.3) is 0 Å². The van der Waals surface area contributed by atoms with E-state index >= 15 is 0 Å². The van der Waals surface area contributed by atoms with Crippen molar-refractivity contribution in [2.24, 2.45) is 5.92 Å². The van der Waals surface area contributed by atoms with Crippen molar-refractivity contribution < 1.29 is 22.7 Å². The summed E-state index contributed by atoms with van der Waals surface area (Å²) in [5.41, 5.74) is 0. The molecular formula is C11H13ClFNO4S. The van der Waals surface area contributed by atoms with Gasteiger partial charge in [0.2, 0.25) is 10.0 Å². The lowest BCUT2D eigenvalue weighted by molar-refractivity contribution is -0.140. The Labute approximate surface area is 115 Å². The molecule has 0 radical (unpaired) electrons. The number of carboxylic acid groups (broad SMARTS) is 1. The number of nitrogens with one attached hydrogen (secondary N) is 1. The first kappa shape index (κ1) is 15.9. The van der Waals surface area contributed by atoms with Crippen molar-refractivity contribution in [2.75, 3.05) is 0 Å². The van der Waals surface area contributed by atoms with Crippen LogP contribution in [0, 0.1) is 11.7 Å². The zero-order chi connectivity index (χ0) is 14.8. The fraction of sp³-hybridized carbons (Fsp3) is 0.364. The summed E-state index contributed by atoms with van der Waals surface area (Å²) in [4.78, 5) is 10.3. The maximum Gasteiger partial charge on any atom is 0.322 e. The van der Waals surface area contributed by atoms with Crippen LogP contribution in [0.15, 0.2) is 23.1 Å². The SMILES string of the molecule is CC(C)C(NS(=O)(=O)c1cccc(Cl)c1F)C(=O)O. The Morgan fingerprint density at radius 2 is 2.00 bits per heavy atom. The van der Waals surface area contributed by atoms with Gasteiger partial charge in [-0.15, -0.1) is 0 Å². The molecule has 8 heteroatoms. The van der Waals surface area contributed by atoms with Gasteiger partial charge in [-0.2, -0.15) is 4.72 Å². The van der Waals surface area contributed by atoms with Crippen LogP contribution in [0.1, 0.15) is 13.8 Å². The lowest BCUT2D eigenvalue weighted by Crippen LogP contribution is -2.44. The normalized spacial score (nSPS) is 13.5. The van der Waals surface area contributed by atoms with Crippen LogP contribution in [0.3, 0.4) is 0 Å². The van der Waals surface area contributed by atoms with Crippen LogP contribution in [0.25, 0.3) is 0 Å². The van der Waals surface area contributed by atoms with E-state index in [4.69, 9.17) is 16.7 Å². The molecule has 0 spiro atoms. The molecule has 0 amide bonds. The zero-order valence-electron chi connectivity index (χ0n) is 10.2. The van der Waals surface area contributed by atoms with Crippen molar-refractivity contribution in [1.29, 1.82) is 0 Å². The van der Waals surface area contributed by atoms with E-state index in [1.807, 2.05) is 4.72 Å². The number of hydrogen-bond donors (Lipinski definition) is 2. The molecule has 1 atom stereocenters. The average molecular weight is 310 g/mol. The molecule has 0 saturated heterocycles. The third-order valence-corrected chi connectivity index (χ3v) is 4.17. The standard InChI is InChI=1S/C11H13ClFNO4S/c1-6(2)10(11(15)16)14-19(17,18)8-5-3-4-7(12)9(8)13/h3-6,10,14H,1-2H3,(H,15,16). The predicted octanol–water partition coefficient (Wildman–Crippen LogP) is 1.87. The van der Waals surface area contributed by atoms with Gasteiger partial charge in [-0.1, -0.05) is 31.5 Å². The second-order valence-electron chi connectivity index (χ2n) is 4.23. The van der Waals surface area contributed by atoms with Gasteiger partial charge in [-0.25, -0.2) is 12.8 Å². The third kappa shape index (κ3) is 3.65. The maximum atomic E-state index is 13.7. The summed E-state index contributed by atoms with van der Waals surface area (Å²) in [6, 6.07) is 2.14. The fourth-order valence-electron chi connectivity index (χ4n) is 1.39. The Morgan fingerprint density at radius 1 is 1.42 bits per heavy atom. The topological polar surface area (TPSA) is 83.5 Å². The van der Waals surface area contributed by atoms with E-state index in [0.717, 1.165) is 6.07 Å². The highest BCUT2D eigenvalue weighted by Gasteiger charge is 2.30. The van der Waals surface area contributed by atoms with Gasteiger partial charge in [-0.3, -0.25) is 4.79 Å². The minimum atomic E-state index is -4.29. The van der Waals surface area contributed by atoms with Crippen molar-refractivity contribution in [3.63, 3.8) is 0 Å². The minimum absolute atomic E-state index is 0.348. The highest BCUT2D eigenvalue weighted by Crippen LogP contribution is 2.22. The Hall–Kier alpha value is -1.18. The van der Waals surface area contributed by atoms with Crippen LogP contribution in [-0.2, 0) is 14.8 Å². The molecule has 1 aromatic carbocycles. The summed E-state index contributed by atoms with van der Waals surface area (Å²) in [5.74, 6) is -2.93. The fourth-order valence-corrected chi connectivity index (χ4v) is 3.06. The smallest absolute Gasteiger partial charge is 0.322 e. The highest BCUT2D eigenvalue weighted by atomic mass is 35.5. The summed E-state index contributed by atoms with van der Waals surface area (Å²) in [7, 11) is -4.29. The molecule has 5 nitrogen and oxygen atoms in total. The molecule has 2 N–H and O–H groups in total. The molecule has 0 bridgehead atoms. The van der Waals surface area contributed by atoms with E-state index < -0.39 is 38.7 Å². The summed E-state index contributed by atoms with van der Waals surface area (Å²) >= 11 is 5.50. The van der Waals surface area contributed by atoms with E-state index in [9.17, 15) is 17.6 Å². The summed E-state index contributed by atoms with van der Waals surface area (Å²) < 4.78 is 39.5. The van der Waals surface area contributed by atoms with Gasteiger partial charge in [0.05, 0.1) is 5.02 Å². The van der Waals surface area contributed by atoms with Crippen molar-refractivity contribution in [3.8, 4) is 0 Å². The second-order valence-corrected chi connectivity index (χ2v) is 6.32. The van der Waals surface area contributed by atoms with Crippen LogP contribution in [0.4, 0.5) is 4.39 Å². The van der Waals surface area contributed by atoms with E-state index in [1.54, 1.807) is 0 Å². The van der Waals surface area contributed by atoms with Crippen LogP contribution < -0.4 is 4.72 Å². The van der Waals surface area contributed by atoms with Gasteiger partial charge >= 0.3 is 5.97 Å². The number of carboxylic acids is 1. The number of benzene rings is 1. The average Bonchev–Trinajstić information content (AvgIpc) is 2.28. The minimum Gasteiger partial charge on any atom is -0.480 e. The van der Waals surface area contributed by atoms with E-state index in [0.29, 0.717) is 0 Å². The third-order valence-electron chi connectivity index (χ3n) is 2.42. The lowest BCUT2D eigenvalue weighted by atomic mass is 10.1. The number of hydrogen-bond acceptors (Lipinski definition) is 3. The molecule has 0 aliphatic rings. The summed E-state index contributed by atoms with van der Waals surface area (Å²) in [5, 5.41) is 8.58. The van der Waals surface area contributed by atoms with Crippen molar-refractivity contribution in [1.82, 2.24) is 4.72 Å². The molecule has 0 aliphatic heterocycles. The Morgan fingerprint density at radius 3 is 2.47 bits per heavy atom. The van der Waals surface area contributed by atoms with Crippen molar-refractivity contribution in [3.05, 3.63) is 29.0 Å². The second kappa shape index (κ2) is 5.85. The molecule has 106 valence electrons. The first-order valence-corrected chi connectivity index (χ1v) is 7.22. The van der Waals surface area contributed by atoms with Crippen molar-refractivity contribution >= 4 is 27.6 Å². The van der Waals surface area contributed by atoms with Gasteiger partial charge < -0.3 is 5.11 Å². The molecule has 1 unspecified atom stereocenters. The first-order chi connectivity index (χ1) is 8.66. The summed E-state index contributed by atoms with van der Waals surface area (Å²) in [6.07, 6.45) is 0. The molecule has 1 aromatic rings. The molecule has 0 heterocycles. The largest absolute Gasteiger partial charge is 0.480 e. The predicted molar refractivity (Wildman–Crippen MR) is 68.0 cm³/mol. The highest BCUT2D eigenvalue weighted by molar-refractivity contribution is 7.89. The molecule has 0 aromatic heterocycles. The van der Waals surface area contributed by atoms with Gasteiger partial charge in [-0.05, 0) is 18.1 Å². The molecule has 0 fully saturated rings. The zero-order valence-corrected chi connectivity index (χ0v) is 11.8. The number of halogens is 2. The van der Waals surface area contributed by atoms with Crippen molar-refractivity contribution in [2.45, 2.75) is 24.8 Å². The molecular weight excluding hydrogens is 297 g/mol. The quantitative estimate of drug-likeness (QED) is 0.869. The molecule has 1 rings (SSSR count). The van der Waals surface area contributed by atoms with Gasteiger partial charge in [0.1, 0.15) is 10.9 Å². The number of rotatable bonds is 5. The van der Waals surface area contributed by atoms with E-state index in [1.165, 1.54) is 26.0 Å². The first-order valence-electron chi connectivity index (χ1n) is 5.36. The number of carbonyl (C=O) groups is 1. The molecule has 19 heavy (non-hydrogen) atoms.